The third-order valence-electron chi connectivity index (χ3n) is 5.32. The highest BCUT2D eigenvalue weighted by molar-refractivity contribution is 7.80. The van der Waals surface area contributed by atoms with E-state index in [2.05, 4.69) is 5.32 Å². The zero-order chi connectivity index (χ0) is 23.9. The predicted molar refractivity (Wildman–Crippen MR) is 130 cm³/mol. The summed E-state index contributed by atoms with van der Waals surface area (Å²) >= 11 is 11.5. The summed E-state index contributed by atoms with van der Waals surface area (Å²) in [5, 5.41) is 12.1. The Morgan fingerprint density at radius 1 is 1.09 bits per heavy atom. The van der Waals surface area contributed by atoms with E-state index >= 15 is 0 Å². The Bertz CT molecular complexity index is 1380. The number of carbonyl (C=O) groups is 3. The molecule has 166 valence electrons. The van der Waals surface area contributed by atoms with Crippen LogP contribution in [0.25, 0.3) is 11.8 Å². The third-order valence-corrected chi connectivity index (χ3v) is 5.92. The molecule has 1 saturated heterocycles. The molecule has 1 aliphatic heterocycles. The first-order valence-corrected chi connectivity index (χ1v) is 10.7. The van der Waals surface area contributed by atoms with Crippen LogP contribution in [0.4, 0.5) is 5.69 Å². The molecule has 0 atom stereocenters. The number of anilines is 1. The minimum Gasteiger partial charge on any atom is -0.478 e. The summed E-state index contributed by atoms with van der Waals surface area (Å²) in [5.41, 5.74) is 3.28. The number of aromatic carboxylic acids is 1. The Balaban J connectivity index is 1.78. The first-order valence-electron chi connectivity index (χ1n) is 9.87. The molecular weight excluding hydrogens is 462 g/mol. The van der Waals surface area contributed by atoms with Crippen molar-refractivity contribution in [3.8, 4) is 5.69 Å². The van der Waals surface area contributed by atoms with E-state index in [0.29, 0.717) is 22.0 Å². The number of amides is 2. The molecule has 33 heavy (non-hydrogen) atoms. The van der Waals surface area contributed by atoms with Crippen molar-refractivity contribution < 1.29 is 19.5 Å². The third kappa shape index (κ3) is 4.06. The van der Waals surface area contributed by atoms with Gasteiger partial charge in [-0.2, -0.15) is 0 Å². The van der Waals surface area contributed by atoms with E-state index in [0.717, 1.165) is 11.4 Å². The van der Waals surface area contributed by atoms with Crippen LogP contribution in [-0.2, 0) is 9.59 Å². The number of carboxylic acids is 1. The van der Waals surface area contributed by atoms with Gasteiger partial charge >= 0.3 is 5.97 Å². The molecule has 0 radical (unpaired) electrons. The Morgan fingerprint density at radius 3 is 2.52 bits per heavy atom. The zero-order valence-corrected chi connectivity index (χ0v) is 19.2. The van der Waals surface area contributed by atoms with Crippen LogP contribution < -0.4 is 10.2 Å². The molecule has 0 aliphatic carbocycles. The number of rotatable bonds is 4. The maximum Gasteiger partial charge on any atom is 0.335 e. The van der Waals surface area contributed by atoms with Crippen molar-refractivity contribution in [2.45, 2.75) is 13.8 Å². The lowest BCUT2D eigenvalue weighted by atomic mass is 10.1. The second-order valence-corrected chi connectivity index (χ2v) is 8.22. The molecule has 4 rings (SSSR count). The van der Waals surface area contributed by atoms with Gasteiger partial charge in [0.25, 0.3) is 11.8 Å². The van der Waals surface area contributed by atoms with Gasteiger partial charge in [-0.1, -0.05) is 29.8 Å². The van der Waals surface area contributed by atoms with Crippen molar-refractivity contribution in [1.29, 1.82) is 0 Å². The van der Waals surface area contributed by atoms with Gasteiger partial charge in [0.2, 0.25) is 0 Å². The first-order chi connectivity index (χ1) is 15.7. The van der Waals surface area contributed by atoms with E-state index in [-0.39, 0.29) is 16.2 Å². The molecule has 2 N–H and O–H groups in total. The zero-order valence-electron chi connectivity index (χ0n) is 17.6. The maximum atomic E-state index is 13.3. The lowest BCUT2D eigenvalue weighted by Crippen LogP contribution is -2.54. The predicted octanol–water partition coefficient (Wildman–Crippen LogP) is 4.28. The molecule has 0 saturated carbocycles. The van der Waals surface area contributed by atoms with Gasteiger partial charge in [-0.05, 0) is 74.1 Å². The fraction of sp³-hybridized carbons (Fsp3) is 0.0833. The van der Waals surface area contributed by atoms with Crippen molar-refractivity contribution >= 4 is 58.5 Å². The van der Waals surface area contributed by atoms with Crippen LogP contribution in [0.15, 0.2) is 60.2 Å². The van der Waals surface area contributed by atoms with Crippen LogP contribution in [0.3, 0.4) is 0 Å². The Labute approximate surface area is 199 Å². The molecule has 2 heterocycles. The van der Waals surface area contributed by atoms with Gasteiger partial charge < -0.3 is 9.67 Å². The summed E-state index contributed by atoms with van der Waals surface area (Å²) in [6.07, 6.45) is 1.50. The number of hydrogen-bond acceptors (Lipinski definition) is 4. The summed E-state index contributed by atoms with van der Waals surface area (Å²) in [4.78, 5) is 38.5. The van der Waals surface area contributed by atoms with E-state index < -0.39 is 17.8 Å². The standard InChI is InChI=1S/C24H18ClN3O4S/c1-13-10-16(14(2)27(13)17-7-5-6-15(11-17)23(31)32)12-18-21(29)26-24(33)28(22(18)30)20-9-4-3-8-19(20)25/h3-12H,1-2H3,(H,31,32)(H,26,29,33)/b18-12+. The number of aryl methyl sites for hydroxylation is 1. The number of aromatic nitrogens is 1. The van der Waals surface area contributed by atoms with Gasteiger partial charge in [0.15, 0.2) is 5.11 Å². The SMILES string of the molecule is Cc1cc(/C=C2\C(=O)NC(=S)N(c3ccccc3Cl)C2=O)c(C)n1-c1cccc(C(=O)O)c1. The van der Waals surface area contributed by atoms with Crippen LogP contribution in [0, 0.1) is 13.8 Å². The van der Waals surface area contributed by atoms with Crippen LogP contribution in [0.2, 0.25) is 5.02 Å². The molecule has 9 heteroatoms. The fourth-order valence-corrected chi connectivity index (χ4v) is 4.27. The van der Waals surface area contributed by atoms with Gasteiger partial charge in [0.05, 0.1) is 16.3 Å². The van der Waals surface area contributed by atoms with Gasteiger partial charge in [0.1, 0.15) is 5.57 Å². The topological polar surface area (TPSA) is 91.6 Å². The summed E-state index contributed by atoms with van der Waals surface area (Å²) in [5.74, 6) is -2.22. The Kier molecular flexibility index (Phi) is 5.88. The smallest absolute Gasteiger partial charge is 0.335 e. The van der Waals surface area contributed by atoms with E-state index in [1.54, 1.807) is 42.5 Å². The highest BCUT2D eigenvalue weighted by Crippen LogP contribution is 2.30. The molecule has 1 fully saturated rings. The second kappa shape index (κ2) is 8.65. The summed E-state index contributed by atoms with van der Waals surface area (Å²) in [6, 6.07) is 15.1. The summed E-state index contributed by atoms with van der Waals surface area (Å²) in [7, 11) is 0. The number of nitrogens with zero attached hydrogens (tertiary/aromatic N) is 2. The molecule has 3 aromatic rings. The van der Waals surface area contributed by atoms with Crippen molar-refractivity contribution in [3.63, 3.8) is 0 Å². The van der Waals surface area contributed by atoms with Gasteiger partial charge in [-0.25, -0.2) is 4.79 Å². The van der Waals surface area contributed by atoms with E-state index in [1.165, 1.54) is 17.0 Å². The molecular formula is C24H18ClN3O4S. The van der Waals surface area contributed by atoms with Crippen molar-refractivity contribution in [1.82, 2.24) is 9.88 Å². The van der Waals surface area contributed by atoms with Crippen molar-refractivity contribution in [2.75, 3.05) is 4.90 Å². The Hall–Kier alpha value is -3.75. The van der Waals surface area contributed by atoms with E-state index in [9.17, 15) is 19.5 Å². The first kappa shape index (κ1) is 22.4. The maximum absolute atomic E-state index is 13.3. The minimum absolute atomic E-state index is 0.0498. The lowest BCUT2D eigenvalue weighted by molar-refractivity contribution is -0.122. The average molecular weight is 480 g/mol. The summed E-state index contributed by atoms with van der Waals surface area (Å²) in [6.45, 7) is 3.69. The van der Waals surface area contributed by atoms with Crippen LogP contribution in [-0.4, -0.2) is 32.6 Å². The lowest BCUT2D eigenvalue weighted by Gasteiger charge is -2.29. The molecule has 0 bridgehead atoms. The fourth-order valence-electron chi connectivity index (χ4n) is 3.77. The number of para-hydroxylation sites is 1. The molecule has 0 spiro atoms. The quantitative estimate of drug-likeness (QED) is 0.331. The average Bonchev–Trinajstić information content (AvgIpc) is 3.05. The van der Waals surface area contributed by atoms with Crippen LogP contribution >= 0.6 is 23.8 Å². The largest absolute Gasteiger partial charge is 0.478 e. The number of halogens is 1. The minimum atomic E-state index is -1.03. The van der Waals surface area contributed by atoms with E-state index in [4.69, 9.17) is 23.8 Å². The van der Waals surface area contributed by atoms with Crippen LogP contribution in [0.5, 0.6) is 0 Å². The molecule has 2 aromatic carbocycles. The highest BCUT2D eigenvalue weighted by atomic mass is 35.5. The number of carboxylic acid groups (broad SMARTS) is 1. The normalized spacial score (nSPS) is 15.2. The molecule has 2 amide bonds. The Morgan fingerprint density at radius 2 is 1.82 bits per heavy atom. The van der Waals surface area contributed by atoms with Crippen molar-refractivity contribution in [2.24, 2.45) is 0 Å². The van der Waals surface area contributed by atoms with Gasteiger partial charge in [-0.3, -0.25) is 19.8 Å². The monoisotopic (exact) mass is 479 g/mol. The molecule has 0 unspecified atom stereocenters. The number of hydrogen-bond donors (Lipinski definition) is 2. The van der Waals surface area contributed by atoms with Gasteiger partial charge in [-0.15, -0.1) is 0 Å². The summed E-state index contributed by atoms with van der Waals surface area (Å²) < 4.78 is 1.86. The van der Waals surface area contributed by atoms with Crippen molar-refractivity contribution in [3.05, 3.63) is 87.7 Å². The number of benzene rings is 2. The number of nitrogens with one attached hydrogen (secondary N) is 1. The highest BCUT2D eigenvalue weighted by Gasteiger charge is 2.35. The van der Waals surface area contributed by atoms with Crippen LogP contribution in [0.1, 0.15) is 27.3 Å². The second-order valence-electron chi connectivity index (χ2n) is 7.43. The van der Waals surface area contributed by atoms with Gasteiger partial charge in [0, 0.05) is 17.1 Å². The number of thiocarbonyl (C=S) groups is 1. The van der Waals surface area contributed by atoms with E-state index in [1.807, 2.05) is 24.5 Å². The molecule has 1 aromatic heterocycles. The number of carbonyl (C=O) groups excluding carboxylic acids is 2. The molecule has 7 nitrogen and oxygen atoms in total. The molecule has 1 aliphatic rings.